The topological polar surface area (TPSA) is 65.1 Å². The standard InChI is InChI=1S/C25H31NO5/c1-15-8-9-18(16(2)12-15)22-19-14-21(29-6)20(23(27)30-7)13-17(19)10-11-26(22)24(28)31-25(3,4)5/h8-9,12-14,22H,10-11H2,1-7H3. The van der Waals surface area contributed by atoms with Crippen molar-refractivity contribution >= 4 is 12.1 Å². The predicted octanol–water partition coefficient (Wildman–Crippen LogP) is 4.98. The van der Waals surface area contributed by atoms with Crippen LogP contribution >= 0.6 is 0 Å². The van der Waals surface area contributed by atoms with Crippen LogP contribution in [0.3, 0.4) is 0 Å². The zero-order valence-electron chi connectivity index (χ0n) is 19.4. The summed E-state index contributed by atoms with van der Waals surface area (Å²) in [4.78, 5) is 27.2. The van der Waals surface area contributed by atoms with Crippen molar-refractivity contribution in [3.63, 3.8) is 0 Å². The molecule has 166 valence electrons. The summed E-state index contributed by atoms with van der Waals surface area (Å²) in [5.74, 6) is -0.0244. The Kier molecular flexibility index (Phi) is 6.30. The number of aryl methyl sites for hydroxylation is 2. The fourth-order valence-corrected chi connectivity index (χ4v) is 4.07. The van der Waals surface area contributed by atoms with Crippen LogP contribution in [-0.4, -0.2) is 43.3 Å². The highest BCUT2D eigenvalue weighted by molar-refractivity contribution is 5.93. The molecule has 2 aromatic rings. The largest absolute Gasteiger partial charge is 0.496 e. The Morgan fingerprint density at radius 3 is 2.32 bits per heavy atom. The molecule has 0 N–H and O–H groups in total. The number of carbonyl (C=O) groups excluding carboxylic acids is 2. The summed E-state index contributed by atoms with van der Waals surface area (Å²) in [5.41, 5.74) is 4.96. The van der Waals surface area contributed by atoms with E-state index in [9.17, 15) is 9.59 Å². The second-order valence-corrected chi connectivity index (χ2v) is 8.93. The molecule has 0 spiro atoms. The molecule has 1 aliphatic rings. The van der Waals surface area contributed by atoms with Gasteiger partial charge in [-0.25, -0.2) is 9.59 Å². The Balaban J connectivity index is 2.19. The van der Waals surface area contributed by atoms with Crippen molar-refractivity contribution < 1.29 is 23.8 Å². The number of hydrogen-bond acceptors (Lipinski definition) is 5. The normalized spacial score (nSPS) is 15.8. The maximum absolute atomic E-state index is 13.2. The summed E-state index contributed by atoms with van der Waals surface area (Å²) in [7, 11) is 2.87. The van der Waals surface area contributed by atoms with Crippen molar-refractivity contribution in [3.05, 3.63) is 63.7 Å². The lowest BCUT2D eigenvalue weighted by atomic mass is 9.85. The summed E-state index contributed by atoms with van der Waals surface area (Å²) in [6.07, 6.45) is 0.239. The second-order valence-electron chi connectivity index (χ2n) is 8.93. The first kappa shape index (κ1) is 22.7. The zero-order valence-corrected chi connectivity index (χ0v) is 19.4. The molecule has 2 aromatic carbocycles. The van der Waals surface area contributed by atoms with Gasteiger partial charge < -0.3 is 14.2 Å². The molecule has 6 nitrogen and oxygen atoms in total. The molecule has 31 heavy (non-hydrogen) atoms. The number of carbonyl (C=O) groups is 2. The van der Waals surface area contributed by atoms with Crippen LogP contribution in [-0.2, 0) is 15.9 Å². The van der Waals surface area contributed by atoms with E-state index in [4.69, 9.17) is 14.2 Å². The van der Waals surface area contributed by atoms with Crippen LogP contribution < -0.4 is 4.74 Å². The van der Waals surface area contributed by atoms with Crippen molar-refractivity contribution in [1.82, 2.24) is 4.90 Å². The number of hydrogen-bond donors (Lipinski definition) is 0. The van der Waals surface area contributed by atoms with E-state index in [-0.39, 0.29) is 12.1 Å². The third kappa shape index (κ3) is 4.68. The first-order valence-corrected chi connectivity index (χ1v) is 10.4. The number of benzene rings is 2. The summed E-state index contributed by atoms with van der Waals surface area (Å²) in [6, 6.07) is 9.54. The summed E-state index contributed by atoms with van der Waals surface area (Å²) < 4.78 is 16.2. The fourth-order valence-electron chi connectivity index (χ4n) is 4.07. The Bertz CT molecular complexity index is 1010. The third-order valence-corrected chi connectivity index (χ3v) is 5.44. The Hall–Kier alpha value is -3.02. The number of fused-ring (bicyclic) bond motifs is 1. The SMILES string of the molecule is COC(=O)c1cc2c(cc1OC)C(c1ccc(C)cc1C)N(C(=O)OC(C)(C)C)CC2. The van der Waals surface area contributed by atoms with E-state index < -0.39 is 11.6 Å². The summed E-state index contributed by atoms with van der Waals surface area (Å²) >= 11 is 0. The van der Waals surface area contributed by atoms with Crippen molar-refractivity contribution in [1.29, 1.82) is 0 Å². The molecule has 1 atom stereocenters. The van der Waals surface area contributed by atoms with E-state index in [1.165, 1.54) is 14.2 Å². The average Bonchev–Trinajstić information content (AvgIpc) is 2.70. The van der Waals surface area contributed by atoms with E-state index >= 15 is 0 Å². The van der Waals surface area contributed by atoms with Crippen molar-refractivity contribution in [2.45, 2.75) is 52.7 Å². The second kappa shape index (κ2) is 8.61. The lowest BCUT2D eigenvalue weighted by Gasteiger charge is -2.39. The molecule has 1 aliphatic heterocycles. The van der Waals surface area contributed by atoms with Crippen LogP contribution in [0.5, 0.6) is 5.75 Å². The smallest absolute Gasteiger partial charge is 0.411 e. The maximum atomic E-state index is 13.2. The molecule has 0 aliphatic carbocycles. The van der Waals surface area contributed by atoms with Crippen LogP contribution in [0.15, 0.2) is 30.3 Å². The number of amides is 1. The van der Waals surface area contributed by atoms with Gasteiger partial charge in [-0.2, -0.15) is 0 Å². The molecule has 1 unspecified atom stereocenters. The molecule has 0 saturated heterocycles. The first-order valence-electron chi connectivity index (χ1n) is 10.4. The molecule has 0 aromatic heterocycles. The van der Waals surface area contributed by atoms with Crippen LogP contribution in [0.2, 0.25) is 0 Å². The molecular weight excluding hydrogens is 394 g/mol. The minimum Gasteiger partial charge on any atom is -0.496 e. The zero-order chi connectivity index (χ0) is 22.9. The van der Waals surface area contributed by atoms with Crippen LogP contribution in [0, 0.1) is 13.8 Å². The maximum Gasteiger partial charge on any atom is 0.411 e. The Labute approximate surface area is 184 Å². The van der Waals surface area contributed by atoms with Crippen molar-refractivity contribution in [3.8, 4) is 5.75 Å². The fraction of sp³-hybridized carbons (Fsp3) is 0.440. The third-order valence-electron chi connectivity index (χ3n) is 5.44. The van der Waals surface area contributed by atoms with Gasteiger partial charge in [0.15, 0.2) is 0 Å². The van der Waals surface area contributed by atoms with Gasteiger partial charge in [-0.1, -0.05) is 23.8 Å². The number of nitrogens with zero attached hydrogens (tertiary/aromatic N) is 1. The minimum atomic E-state index is -0.601. The molecule has 1 heterocycles. The Morgan fingerprint density at radius 1 is 1.03 bits per heavy atom. The Morgan fingerprint density at radius 2 is 1.74 bits per heavy atom. The molecular formula is C25H31NO5. The summed E-state index contributed by atoms with van der Waals surface area (Å²) in [6.45, 7) is 10.2. The van der Waals surface area contributed by atoms with Crippen molar-refractivity contribution in [2.24, 2.45) is 0 Å². The first-order chi connectivity index (χ1) is 14.6. The molecule has 0 saturated carbocycles. The summed E-state index contributed by atoms with van der Waals surface area (Å²) in [5, 5.41) is 0. The quantitative estimate of drug-likeness (QED) is 0.649. The van der Waals surface area contributed by atoms with Crippen molar-refractivity contribution in [2.75, 3.05) is 20.8 Å². The lowest BCUT2D eigenvalue weighted by molar-refractivity contribution is 0.0177. The number of methoxy groups -OCH3 is 2. The van der Waals surface area contributed by atoms with Gasteiger partial charge in [-0.3, -0.25) is 4.90 Å². The van der Waals surface area contributed by atoms with Crippen LogP contribution in [0.25, 0.3) is 0 Å². The highest BCUT2D eigenvalue weighted by atomic mass is 16.6. The molecule has 0 radical (unpaired) electrons. The molecule has 3 rings (SSSR count). The predicted molar refractivity (Wildman–Crippen MR) is 119 cm³/mol. The monoisotopic (exact) mass is 425 g/mol. The van der Waals surface area contributed by atoms with Crippen LogP contribution in [0.1, 0.15) is 65.0 Å². The van der Waals surface area contributed by atoms with Gasteiger partial charge in [0, 0.05) is 6.54 Å². The highest BCUT2D eigenvalue weighted by Crippen LogP contribution is 2.40. The minimum absolute atomic E-state index is 0.347. The van der Waals surface area contributed by atoms with Gasteiger partial charge in [-0.05, 0) is 75.4 Å². The van der Waals surface area contributed by atoms with Gasteiger partial charge in [0.2, 0.25) is 0 Å². The van der Waals surface area contributed by atoms with Gasteiger partial charge in [0.05, 0.1) is 20.3 Å². The highest BCUT2D eigenvalue weighted by Gasteiger charge is 2.36. The van der Waals surface area contributed by atoms with Crippen LogP contribution in [0.4, 0.5) is 4.79 Å². The average molecular weight is 426 g/mol. The van der Waals surface area contributed by atoms with E-state index in [2.05, 4.69) is 12.1 Å². The number of rotatable bonds is 3. The molecule has 0 bridgehead atoms. The van der Waals surface area contributed by atoms with E-state index in [1.54, 1.807) is 4.90 Å². The van der Waals surface area contributed by atoms with Gasteiger partial charge >= 0.3 is 12.1 Å². The molecule has 1 amide bonds. The lowest BCUT2D eigenvalue weighted by Crippen LogP contribution is -2.43. The number of ether oxygens (including phenoxy) is 3. The number of esters is 1. The van der Waals surface area contributed by atoms with E-state index in [1.807, 2.05) is 52.8 Å². The molecule has 0 fully saturated rings. The molecule has 6 heteroatoms. The van der Waals surface area contributed by atoms with E-state index in [0.717, 1.165) is 27.8 Å². The van der Waals surface area contributed by atoms with E-state index in [0.29, 0.717) is 24.3 Å². The van der Waals surface area contributed by atoms with Gasteiger partial charge in [-0.15, -0.1) is 0 Å². The van der Waals surface area contributed by atoms with Gasteiger partial charge in [0.25, 0.3) is 0 Å². The van der Waals surface area contributed by atoms with Gasteiger partial charge in [0.1, 0.15) is 16.9 Å².